The van der Waals surface area contributed by atoms with E-state index in [0.29, 0.717) is 24.8 Å². The van der Waals surface area contributed by atoms with Crippen LogP contribution in [-0.4, -0.2) is 67.0 Å². The third kappa shape index (κ3) is 3.29. The first-order chi connectivity index (χ1) is 9.13. The van der Waals surface area contributed by atoms with Crippen molar-refractivity contribution in [2.45, 2.75) is 12.3 Å². The average Bonchev–Trinajstić information content (AvgIpc) is 2.68. The molecule has 1 unspecified atom stereocenters. The van der Waals surface area contributed by atoms with Crippen LogP contribution < -0.4 is 0 Å². The molecule has 0 spiro atoms. The van der Waals surface area contributed by atoms with Crippen molar-refractivity contribution < 1.29 is 19.1 Å². The van der Waals surface area contributed by atoms with E-state index in [2.05, 4.69) is 4.90 Å². The number of rotatable bonds is 3. The molecule has 1 amide bonds. The predicted molar refractivity (Wildman–Crippen MR) is 71.3 cm³/mol. The van der Waals surface area contributed by atoms with E-state index in [-0.39, 0.29) is 11.3 Å². The topological polar surface area (TPSA) is 59.1 Å². The molecule has 0 N–H and O–H groups in total. The van der Waals surface area contributed by atoms with E-state index in [4.69, 9.17) is 9.47 Å². The number of carbonyl (C=O) groups is 2. The van der Waals surface area contributed by atoms with Crippen molar-refractivity contribution in [3.05, 3.63) is 11.1 Å². The van der Waals surface area contributed by atoms with Gasteiger partial charge in [0.05, 0.1) is 30.9 Å². The second kappa shape index (κ2) is 6.40. The summed E-state index contributed by atoms with van der Waals surface area (Å²) in [6.07, 6.45) is 1.38. The zero-order valence-corrected chi connectivity index (χ0v) is 11.9. The number of thioether (sulfide) groups is 1. The molecule has 2 saturated heterocycles. The highest BCUT2D eigenvalue weighted by Gasteiger charge is 2.39. The van der Waals surface area contributed by atoms with Gasteiger partial charge in [-0.05, 0) is 6.92 Å². The molecule has 2 aliphatic rings. The Kier molecular flexibility index (Phi) is 4.84. The van der Waals surface area contributed by atoms with Gasteiger partial charge < -0.3 is 14.4 Å². The molecule has 2 aliphatic heterocycles. The molecule has 7 heteroatoms. The van der Waals surface area contributed by atoms with Gasteiger partial charge >= 0.3 is 5.97 Å². The van der Waals surface area contributed by atoms with Crippen LogP contribution in [0.4, 0.5) is 0 Å². The van der Waals surface area contributed by atoms with Crippen LogP contribution in [-0.2, 0) is 19.1 Å². The highest BCUT2D eigenvalue weighted by Crippen LogP contribution is 2.36. The molecule has 2 fully saturated rings. The van der Waals surface area contributed by atoms with E-state index in [9.17, 15) is 9.59 Å². The summed E-state index contributed by atoms with van der Waals surface area (Å²) in [5.41, 5.74) is 0. The normalized spacial score (nSPS) is 27.1. The molecular formula is C12H18N2O4S. The van der Waals surface area contributed by atoms with Crippen LogP contribution in [0.25, 0.3) is 0 Å². The van der Waals surface area contributed by atoms with E-state index >= 15 is 0 Å². The third-order valence-electron chi connectivity index (χ3n) is 3.01. The molecule has 106 valence electrons. The summed E-state index contributed by atoms with van der Waals surface area (Å²) in [7, 11) is 1.68. The largest absolute Gasteiger partial charge is 0.463 e. The van der Waals surface area contributed by atoms with Gasteiger partial charge in [-0.15, -0.1) is 0 Å². The van der Waals surface area contributed by atoms with E-state index in [0.717, 1.165) is 13.1 Å². The Morgan fingerprint density at radius 1 is 1.53 bits per heavy atom. The highest BCUT2D eigenvalue weighted by molar-refractivity contribution is 8.04. The standard InChI is InChI=1S/C12H18N2O4S/c1-3-18-10(15)8-9-13(2)11(16)12(19-9)14-4-6-17-7-5-14/h8,12H,3-7H2,1-2H3/b9-8+. The van der Waals surface area contributed by atoms with Crippen molar-refractivity contribution in [1.29, 1.82) is 0 Å². The van der Waals surface area contributed by atoms with Crippen LogP contribution in [0, 0.1) is 0 Å². The minimum atomic E-state index is -0.410. The second-order valence-electron chi connectivity index (χ2n) is 4.25. The number of esters is 1. The summed E-state index contributed by atoms with van der Waals surface area (Å²) in [6, 6.07) is 0. The Hall–Kier alpha value is -1.05. The molecule has 2 rings (SSSR count). The lowest BCUT2D eigenvalue weighted by Crippen LogP contribution is -2.45. The van der Waals surface area contributed by atoms with E-state index in [1.165, 1.54) is 22.7 Å². The van der Waals surface area contributed by atoms with Gasteiger partial charge in [0.25, 0.3) is 5.91 Å². The molecule has 19 heavy (non-hydrogen) atoms. The van der Waals surface area contributed by atoms with Crippen molar-refractivity contribution in [2.75, 3.05) is 40.0 Å². The van der Waals surface area contributed by atoms with Crippen LogP contribution in [0.15, 0.2) is 11.1 Å². The molecule has 0 aromatic rings. The number of morpholine rings is 1. The molecule has 2 heterocycles. The first-order valence-electron chi connectivity index (χ1n) is 6.28. The third-order valence-corrected chi connectivity index (χ3v) is 4.37. The Bertz CT molecular complexity index is 393. The first kappa shape index (κ1) is 14.4. The average molecular weight is 286 g/mol. The van der Waals surface area contributed by atoms with E-state index in [1.807, 2.05) is 0 Å². The number of hydrogen-bond donors (Lipinski definition) is 0. The minimum Gasteiger partial charge on any atom is -0.463 e. The lowest BCUT2D eigenvalue weighted by atomic mass is 10.4. The van der Waals surface area contributed by atoms with Crippen LogP contribution in [0.1, 0.15) is 6.92 Å². The maximum Gasteiger partial charge on any atom is 0.333 e. The van der Waals surface area contributed by atoms with E-state index in [1.54, 1.807) is 14.0 Å². The monoisotopic (exact) mass is 286 g/mol. The number of nitrogens with zero attached hydrogens (tertiary/aromatic N) is 2. The molecule has 6 nitrogen and oxygen atoms in total. The minimum absolute atomic E-state index is 0.00227. The van der Waals surface area contributed by atoms with Crippen LogP contribution in [0.5, 0.6) is 0 Å². The summed E-state index contributed by atoms with van der Waals surface area (Å²) < 4.78 is 10.1. The van der Waals surface area contributed by atoms with Gasteiger partial charge in [-0.1, -0.05) is 11.8 Å². The zero-order valence-electron chi connectivity index (χ0n) is 11.1. The van der Waals surface area contributed by atoms with Gasteiger partial charge in [0.1, 0.15) is 5.37 Å². The molecule has 1 atom stereocenters. The van der Waals surface area contributed by atoms with Crippen LogP contribution in [0.2, 0.25) is 0 Å². The number of hydrogen-bond acceptors (Lipinski definition) is 6. The number of amides is 1. The van der Waals surface area contributed by atoms with Gasteiger partial charge in [-0.25, -0.2) is 4.79 Å². The Morgan fingerprint density at radius 2 is 2.21 bits per heavy atom. The van der Waals surface area contributed by atoms with Crippen molar-refractivity contribution in [1.82, 2.24) is 9.80 Å². The second-order valence-corrected chi connectivity index (χ2v) is 5.35. The van der Waals surface area contributed by atoms with Gasteiger partial charge in [0.2, 0.25) is 0 Å². The number of carbonyl (C=O) groups excluding carboxylic acids is 2. The quantitative estimate of drug-likeness (QED) is 0.548. The lowest BCUT2D eigenvalue weighted by Gasteiger charge is -2.29. The summed E-state index contributed by atoms with van der Waals surface area (Å²) in [4.78, 5) is 27.2. The zero-order chi connectivity index (χ0) is 13.8. The molecule has 0 aromatic carbocycles. The molecular weight excluding hydrogens is 268 g/mol. The molecule has 0 aromatic heterocycles. The van der Waals surface area contributed by atoms with Gasteiger partial charge in [0, 0.05) is 20.1 Å². The highest BCUT2D eigenvalue weighted by atomic mass is 32.2. The lowest BCUT2D eigenvalue weighted by molar-refractivity contribution is -0.137. The molecule has 0 aliphatic carbocycles. The summed E-state index contributed by atoms with van der Waals surface area (Å²) in [5.74, 6) is -0.408. The first-order valence-corrected chi connectivity index (χ1v) is 7.16. The van der Waals surface area contributed by atoms with Crippen LogP contribution >= 0.6 is 11.8 Å². The molecule has 0 radical (unpaired) electrons. The maximum absolute atomic E-state index is 12.2. The predicted octanol–water partition coefficient (Wildman–Crippen LogP) is 0.254. The number of ether oxygens (including phenoxy) is 2. The van der Waals surface area contributed by atoms with Gasteiger partial charge in [-0.3, -0.25) is 9.69 Å². The van der Waals surface area contributed by atoms with Crippen molar-refractivity contribution in [3.63, 3.8) is 0 Å². The van der Waals surface area contributed by atoms with Crippen molar-refractivity contribution in [2.24, 2.45) is 0 Å². The fourth-order valence-corrected chi connectivity index (χ4v) is 3.24. The van der Waals surface area contributed by atoms with Crippen molar-refractivity contribution >= 4 is 23.6 Å². The fourth-order valence-electron chi connectivity index (χ4n) is 1.98. The van der Waals surface area contributed by atoms with E-state index < -0.39 is 5.97 Å². The van der Waals surface area contributed by atoms with Crippen molar-refractivity contribution in [3.8, 4) is 0 Å². The Balaban J connectivity index is 2.05. The smallest absolute Gasteiger partial charge is 0.333 e. The SMILES string of the molecule is CCOC(=O)/C=C1/SC(N2CCOCC2)C(=O)N1C. The van der Waals surface area contributed by atoms with Gasteiger partial charge in [-0.2, -0.15) is 0 Å². The molecule has 0 saturated carbocycles. The Labute approximate surface area is 116 Å². The van der Waals surface area contributed by atoms with Crippen LogP contribution in [0.3, 0.4) is 0 Å². The fraction of sp³-hybridized carbons (Fsp3) is 0.667. The summed E-state index contributed by atoms with van der Waals surface area (Å²) in [5, 5.41) is 0.384. The molecule has 0 bridgehead atoms. The number of likely N-dealkylation sites (N-methyl/N-ethyl adjacent to an activating group) is 1. The Morgan fingerprint density at radius 3 is 2.84 bits per heavy atom. The maximum atomic E-state index is 12.2. The van der Waals surface area contributed by atoms with Gasteiger partial charge in [0.15, 0.2) is 0 Å². The summed E-state index contributed by atoms with van der Waals surface area (Å²) in [6.45, 7) is 4.85. The summed E-state index contributed by atoms with van der Waals surface area (Å²) >= 11 is 1.39.